The van der Waals surface area contributed by atoms with Gasteiger partial charge in [0.1, 0.15) is 6.33 Å². The maximum absolute atomic E-state index is 12.5. The summed E-state index contributed by atoms with van der Waals surface area (Å²) in [5.74, 6) is 0. The van der Waals surface area contributed by atoms with E-state index < -0.39 is 0 Å². The molecule has 3 aromatic rings. The van der Waals surface area contributed by atoms with Crippen molar-refractivity contribution >= 4 is 10.9 Å². The largest absolute Gasteiger partial charge is 0.268 e. The average Bonchev–Trinajstić information content (AvgIpc) is 2.43. The van der Waals surface area contributed by atoms with Crippen molar-refractivity contribution in [3.8, 4) is 5.69 Å². The molecule has 1 aromatic heterocycles. The number of benzene rings is 2. The van der Waals surface area contributed by atoms with Gasteiger partial charge in [-0.25, -0.2) is 4.98 Å². The molecule has 0 aliphatic rings. The van der Waals surface area contributed by atoms with Gasteiger partial charge in [0.05, 0.1) is 16.6 Å². The van der Waals surface area contributed by atoms with Crippen LogP contribution in [-0.4, -0.2) is 9.55 Å². The van der Waals surface area contributed by atoms with Crippen LogP contribution in [0.3, 0.4) is 0 Å². The fourth-order valence-corrected chi connectivity index (χ4v) is 2.24. The van der Waals surface area contributed by atoms with E-state index in [1.54, 1.807) is 10.9 Å². The zero-order valence-corrected chi connectivity index (χ0v) is 10.9. The molecule has 0 N–H and O–H groups in total. The molecule has 0 spiro atoms. The average molecular weight is 250 g/mol. The molecule has 19 heavy (non-hydrogen) atoms. The third kappa shape index (κ3) is 1.83. The standard InChI is InChI=1S/C16H14N2O/c1-11-6-5-9-15(12(11)2)18-10-17-14-8-4-3-7-13(14)16(18)19/h3-10H,1-2H3. The summed E-state index contributed by atoms with van der Waals surface area (Å²) in [5.41, 5.74) is 3.86. The predicted octanol–water partition coefficient (Wildman–Crippen LogP) is 3.00. The van der Waals surface area contributed by atoms with E-state index in [4.69, 9.17) is 0 Å². The molecule has 0 bridgehead atoms. The van der Waals surface area contributed by atoms with Gasteiger partial charge in [-0.1, -0.05) is 24.3 Å². The van der Waals surface area contributed by atoms with Crippen molar-refractivity contribution in [1.29, 1.82) is 0 Å². The fourth-order valence-electron chi connectivity index (χ4n) is 2.24. The van der Waals surface area contributed by atoms with Gasteiger partial charge in [0.2, 0.25) is 0 Å². The molecule has 0 saturated carbocycles. The molecule has 0 amide bonds. The van der Waals surface area contributed by atoms with E-state index in [0.717, 1.165) is 22.3 Å². The monoisotopic (exact) mass is 250 g/mol. The van der Waals surface area contributed by atoms with Gasteiger partial charge in [-0.15, -0.1) is 0 Å². The van der Waals surface area contributed by atoms with Gasteiger partial charge >= 0.3 is 0 Å². The molecule has 94 valence electrons. The number of hydrogen-bond donors (Lipinski definition) is 0. The van der Waals surface area contributed by atoms with Crippen LogP contribution >= 0.6 is 0 Å². The number of para-hydroxylation sites is 1. The molecule has 3 nitrogen and oxygen atoms in total. The van der Waals surface area contributed by atoms with E-state index in [1.807, 2.05) is 56.3 Å². The SMILES string of the molecule is Cc1cccc(-n2cnc3ccccc3c2=O)c1C. The Hall–Kier alpha value is -2.42. The number of nitrogens with zero attached hydrogens (tertiary/aromatic N) is 2. The zero-order valence-electron chi connectivity index (χ0n) is 10.9. The number of hydrogen-bond acceptors (Lipinski definition) is 2. The summed E-state index contributed by atoms with van der Waals surface area (Å²) < 4.78 is 1.62. The molecule has 2 aromatic carbocycles. The van der Waals surface area contributed by atoms with E-state index in [9.17, 15) is 4.79 Å². The van der Waals surface area contributed by atoms with Crippen molar-refractivity contribution in [2.24, 2.45) is 0 Å². The maximum Gasteiger partial charge on any atom is 0.265 e. The van der Waals surface area contributed by atoms with Gasteiger partial charge in [0.15, 0.2) is 0 Å². The Morgan fingerprint density at radius 1 is 1.00 bits per heavy atom. The van der Waals surface area contributed by atoms with Crippen molar-refractivity contribution in [1.82, 2.24) is 9.55 Å². The highest BCUT2D eigenvalue weighted by Gasteiger charge is 2.08. The van der Waals surface area contributed by atoms with Crippen LogP contribution in [0.25, 0.3) is 16.6 Å². The van der Waals surface area contributed by atoms with Crippen LogP contribution < -0.4 is 5.56 Å². The lowest BCUT2D eigenvalue weighted by atomic mass is 10.1. The van der Waals surface area contributed by atoms with Gasteiger partial charge in [-0.3, -0.25) is 9.36 Å². The first kappa shape index (κ1) is 11.7. The van der Waals surface area contributed by atoms with Crippen LogP contribution in [0.2, 0.25) is 0 Å². The Kier molecular flexibility index (Phi) is 2.67. The van der Waals surface area contributed by atoms with Crippen molar-refractivity contribution in [2.45, 2.75) is 13.8 Å². The normalized spacial score (nSPS) is 10.8. The highest BCUT2D eigenvalue weighted by atomic mass is 16.1. The van der Waals surface area contributed by atoms with Gasteiger partial charge in [-0.05, 0) is 43.2 Å². The van der Waals surface area contributed by atoms with E-state index >= 15 is 0 Å². The van der Waals surface area contributed by atoms with Gasteiger partial charge < -0.3 is 0 Å². The Morgan fingerprint density at radius 2 is 1.79 bits per heavy atom. The lowest BCUT2D eigenvalue weighted by Crippen LogP contribution is -2.19. The van der Waals surface area contributed by atoms with Crippen LogP contribution in [0.5, 0.6) is 0 Å². The van der Waals surface area contributed by atoms with E-state index in [-0.39, 0.29) is 5.56 Å². The van der Waals surface area contributed by atoms with Crippen LogP contribution in [0.4, 0.5) is 0 Å². The summed E-state index contributed by atoms with van der Waals surface area (Å²) in [4.78, 5) is 16.9. The summed E-state index contributed by atoms with van der Waals surface area (Å²) >= 11 is 0. The van der Waals surface area contributed by atoms with E-state index in [1.165, 1.54) is 0 Å². The summed E-state index contributed by atoms with van der Waals surface area (Å²) in [6, 6.07) is 13.4. The molecule has 0 aliphatic carbocycles. The van der Waals surface area contributed by atoms with Crippen LogP contribution in [0, 0.1) is 13.8 Å². The minimum absolute atomic E-state index is 0.0284. The molecule has 3 rings (SSSR count). The summed E-state index contributed by atoms with van der Waals surface area (Å²) in [7, 11) is 0. The number of aromatic nitrogens is 2. The minimum Gasteiger partial charge on any atom is -0.268 e. The van der Waals surface area contributed by atoms with Crippen molar-refractivity contribution in [3.05, 3.63) is 70.3 Å². The molecule has 0 unspecified atom stereocenters. The van der Waals surface area contributed by atoms with Gasteiger partial charge in [0, 0.05) is 0 Å². The van der Waals surface area contributed by atoms with Crippen LogP contribution in [0.15, 0.2) is 53.6 Å². The van der Waals surface area contributed by atoms with Crippen molar-refractivity contribution in [3.63, 3.8) is 0 Å². The van der Waals surface area contributed by atoms with Crippen molar-refractivity contribution in [2.75, 3.05) is 0 Å². The lowest BCUT2D eigenvalue weighted by molar-refractivity contribution is 0.949. The number of aryl methyl sites for hydroxylation is 1. The molecular weight excluding hydrogens is 236 g/mol. The molecule has 3 heteroatoms. The molecule has 0 radical (unpaired) electrons. The molecule has 0 atom stereocenters. The highest BCUT2D eigenvalue weighted by Crippen LogP contribution is 2.16. The topological polar surface area (TPSA) is 34.9 Å². The summed E-state index contributed by atoms with van der Waals surface area (Å²) in [6.07, 6.45) is 1.60. The quantitative estimate of drug-likeness (QED) is 0.665. The zero-order chi connectivity index (χ0) is 13.4. The Morgan fingerprint density at radius 3 is 2.63 bits per heavy atom. The first-order valence-corrected chi connectivity index (χ1v) is 6.21. The second-order valence-corrected chi connectivity index (χ2v) is 4.66. The van der Waals surface area contributed by atoms with Crippen LogP contribution in [-0.2, 0) is 0 Å². The Balaban J connectivity index is 2.35. The molecule has 1 heterocycles. The third-order valence-electron chi connectivity index (χ3n) is 3.50. The van der Waals surface area contributed by atoms with Gasteiger partial charge in [0.25, 0.3) is 5.56 Å². The molecule has 0 aliphatic heterocycles. The molecular formula is C16H14N2O. The molecule has 0 saturated heterocycles. The van der Waals surface area contributed by atoms with Gasteiger partial charge in [-0.2, -0.15) is 0 Å². The van der Waals surface area contributed by atoms with E-state index in [0.29, 0.717) is 5.39 Å². The minimum atomic E-state index is -0.0284. The second-order valence-electron chi connectivity index (χ2n) is 4.66. The smallest absolute Gasteiger partial charge is 0.265 e. The maximum atomic E-state index is 12.5. The second kappa shape index (κ2) is 4.35. The summed E-state index contributed by atoms with van der Waals surface area (Å²) in [6.45, 7) is 4.06. The Bertz CT molecular complexity index is 818. The Labute approximate surface area is 111 Å². The summed E-state index contributed by atoms with van der Waals surface area (Å²) in [5, 5.41) is 0.644. The first-order valence-electron chi connectivity index (χ1n) is 6.21. The number of rotatable bonds is 1. The number of fused-ring (bicyclic) bond motifs is 1. The highest BCUT2D eigenvalue weighted by molar-refractivity contribution is 5.77. The van der Waals surface area contributed by atoms with Crippen molar-refractivity contribution < 1.29 is 0 Å². The third-order valence-corrected chi connectivity index (χ3v) is 3.50. The lowest BCUT2D eigenvalue weighted by Gasteiger charge is -2.11. The molecule has 0 fully saturated rings. The van der Waals surface area contributed by atoms with Crippen LogP contribution in [0.1, 0.15) is 11.1 Å². The first-order chi connectivity index (χ1) is 9.18. The fraction of sp³-hybridized carbons (Fsp3) is 0.125. The predicted molar refractivity (Wildman–Crippen MR) is 76.8 cm³/mol. The van der Waals surface area contributed by atoms with E-state index in [2.05, 4.69) is 4.98 Å².